The minimum absolute atomic E-state index is 0.0501. The monoisotopic (exact) mass is 373 g/mol. The van der Waals surface area contributed by atoms with E-state index in [9.17, 15) is 4.79 Å². The number of likely N-dealkylation sites (tertiary alicyclic amines) is 2. The van der Waals surface area contributed by atoms with Crippen molar-refractivity contribution < 1.29 is 9.32 Å². The molecule has 1 aromatic heterocycles. The Morgan fingerprint density at radius 2 is 1.89 bits per heavy atom. The zero-order chi connectivity index (χ0) is 18.9. The van der Waals surface area contributed by atoms with Crippen molar-refractivity contribution in [2.45, 2.75) is 90.1 Å². The van der Waals surface area contributed by atoms with Gasteiger partial charge in [0.1, 0.15) is 5.76 Å². The molecule has 150 valence electrons. The van der Waals surface area contributed by atoms with E-state index in [0.717, 1.165) is 48.7 Å². The number of hydrogen-bond donors (Lipinski definition) is 0. The molecule has 4 rings (SSSR count). The first-order valence-corrected chi connectivity index (χ1v) is 11.0. The Balaban J connectivity index is 1.44. The van der Waals surface area contributed by atoms with Gasteiger partial charge >= 0.3 is 0 Å². The Hall–Kier alpha value is -1.36. The molecule has 1 amide bonds. The molecule has 2 saturated heterocycles. The van der Waals surface area contributed by atoms with Crippen LogP contribution in [0.2, 0.25) is 0 Å². The number of amides is 1. The Labute approximate surface area is 163 Å². The Morgan fingerprint density at radius 3 is 2.63 bits per heavy atom. The summed E-state index contributed by atoms with van der Waals surface area (Å²) < 4.78 is 5.35. The molecule has 2 aliphatic heterocycles. The number of rotatable bonds is 4. The van der Waals surface area contributed by atoms with Crippen molar-refractivity contribution in [1.29, 1.82) is 0 Å². The average Bonchev–Trinajstić information content (AvgIpc) is 3.05. The lowest BCUT2D eigenvalue weighted by Gasteiger charge is -2.38. The third kappa shape index (κ3) is 3.94. The van der Waals surface area contributed by atoms with Crippen LogP contribution >= 0.6 is 0 Å². The molecule has 1 atom stereocenters. The lowest BCUT2D eigenvalue weighted by atomic mass is 9.87. The standard InChI is InChI=1S/C22H35N3O2/c1-17-20(18(2)27-23-17)16-25-21(26)9-11-22(25)10-6-13-24(14-12-22)15-19-7-4-3-5-8-19/h19H,3-16H2,1-2H3. The molecule has 1 saturated carbocycles. The molecule has 1 unspecified atom stereocenters. The molecule has 0 bridgehead atoms. The van der Waals surface area contributed by atoms with Crippen molar-refractivity contribution in [2.24, 2.45) is 5.92 Å². The highest BCUT2D eigenvalue weighted by atomic mass is 16.5. The zero-order valence-corrected chi connectivity index (χ0v) is 17.1. The van der Waals surface area contributed by atoms with Crippen LogP contribution in [0.5, 0.6) is 0 Å². The maximum Gasteiger partial charge on any atom is 0.223 e. The van der Waals surface area contributed by atoms with Crippen LogP contribution in [-0.2, 0) is 11.3 Å². The van der Waals surface area contributed by atoms with Crippen molar-refractivity contribution in [3.63, 3.8) is 0 Å². The van der Waals surface area contributed by atoms with Crippen molar-refractivity contribution in [3.8, 4) is 0 Å². The van der Waals surface area contributed by atoms with Crippen molar-refractivity contribution >= 4 is 5.91 Å². The molecular formula is C22H35N3O2. The van der Waals surface area contributed by atoms with Crippen LogP contribution in [0.4, 0.5) is 0 Å². The largest absolute Gasteiger partial charge is 0.361 e. The van der Waals surface area contributed by atoms with Gasteiger partial charge in [-0.25, -0.2) is 0 Å². The van der Waals surface area contributed by atoms with E-state index in [-0.39, 0.29) is 5.54 Å². The topological polar surface area (TPSA) is 49.6 Å². The number of carbonyl (C=O) groups excluding carboxylic acids is 1. The van der Waals surface area contributed by atoms with Gasteiger partial charge in [0.15, 0.2) is 0 Å². The van der Waals surface area contributed by atoms with E-state index >= 15 is 0 Å². The van der Waals surface area contributed by atoms with Crippen molar-refractivity contribution in [2.75, 3.05) is 19.6 Å². The average molecular weight is 374 g/mol. The molecule has 1 aromatic rings. The highest BCUT2D eigenvalue weighted by molar-refractivity contribution is 5.79. The number of hydrogen-bond acceptors (Lipinski definition) is 4. The molecule has 0 N–H and O–H groups in total. The lowest BCUT2D eigenvalue weighted by Crippen LogP contribution is -2.46. The Morgan fingerprint density at radius 1 is 1.07 bits per heavy atom. The smallest absolute Gasteiger partial charge is 0.223 e. The van der Waals surface area contributed by atoms with Crippen molar-refractivity contribution in [1.82, 2.24) is 15.0 Å². The van der Waals surface area contributed by atoms with Gasteiger partial charge < -0.3 is 14.3 Å². The van der Waals surface area contributed by atoms with E-state index in [2.05, 4.69) is 15.0 Å². The molecule has 5 heteroatoms. The minimum atomic E-state index is 0.0501. The van der Waals surface area contributed by atoms with Gasteiger partial charge in [0.05, 0.1) is 12.2 Å². The van der Waals surface area contributed by atoms with E-state index < -0.39 is 0 Å². The van der Waals surface area contributed by atoms with Crippen LogP contribution < -0.4 is 0 Å². The molecule has 3 aliphatic rings. The predicted octanol–water partition coefficient (Wildman–Crippen LogP) is 4.22. The summed E-state index contributed by atoms with van der Waals surface area (Å²) in [5, 5.41) is 4.09. The summed E-state index contributed by atoms with van der Waals surface area (Å²) in [5.74, 6) is 2.07. The summed E-state index contributed by atoms with van der Waals surface area (Å²) in [4.78, 5) is 17.6. The second-order valence-corrected chi connectivity index (χ2v) is 9.17. The number of aromatic nitrogens is 1. The van der Waals surface area contributed by atoms with Gasteiger partial charge in [-0.05, 0) is 64.8 Å². The molecule has 5 nitrogen and oxygen atoms in total. The maximum absolute atomic E-state index is 12.8. The fourth-order valence-electron chi connectivity index (χ4n) is 5.69. The summed E-state index contributed by atoms with van der Waals surface area (Å²) in [5.41, 5.74) is 2.08. The fourth-order valence-corrected chi connectivity index (χ4v) is 5.69. The SMILES string of the molecule is Cc1noc(C)c1CN1C(=O)CCC12CCCN(CC1CCCCC1)CC2. The molecule has 1 spiro atoms. The molecule has 1 aliphatic carbocycles. The summed E-state index contributed by atoms with van der Waals surface area (Å²) in [6.07, 6.45) is 12.3. The summed E-state index contributed by atoms with van der Waals surface area (Å²) in [7, 11) is 0. The van der Waals surface area contributed by atoms with Crippen molar-refractivity contribution in [3.05, 3.63) is 17.0 Å². The molecule has 3 heterocycles. The highest BCUT2D eigenvalue weighted by Gasteiger charge is 2.46. The van der Waals surface area contributed by atoms with Gasteiger partial charge in [0.2, 0.25) is 5.91 Å². The second kappa shape index (κ2) is 7.94. The van der Waals surface area contributed by atoms with E-state index in [0.29, 0.717) is 18.9 Å². The normalized spacial score (nSPS) is 28.2. The summed E-state index contributed by atoms with van der Waals surface area (Å²) in [6.45, 7) is 8.23. The molecule has 0 aromatic carbocycles. The zero-order valence-electron chi connectivity index (χ0n) is 17.1. The molecule has 27 heavy (non-hydrogen) atoms. The van der Waals surface area contributed by atoms with E-state index in [1.54, 1.807) is 0 Å². The Bertz CT molecular complexity index is 645. The van der Waals surface area contributed by atoms with Crippen LogP contribution in [0.15, 0.2) is 4.52 Å². The van der Waals surface area contributed by atoms with Crippen LogP contribution in [0.3, 0.4) is 0 Å². The van der Waals surface area contributed by atoms with Crippen LogP contribution in [0, 0.1) is 19.8 Å². The van der Waals surface area contributed by atoms with Gasteiger partial charge in [-0.15, -0.1) is 0 Å². The van der Waals surface area contributed by atoms with Gasteiger partial charge in [0.25, 0.3) is 0 Å². The number of carbonyl (C=O) groups is 1. The van der Waals surface area contributed by atoms with Crippen LogP contribution in [0.1, 0.15) is 81.2 Å². The first-order chi connectivity index (χ1) is 13.1. The van der Waals surface area contributed by atoms with Crippen LogP contribution in [-0.4, -0.2) is 46.0 Å². The minimum Gasteiger partial charge on any atom is -0.361 e. The van der Waals surface area contributed by atoms with Crippen LogP contribution in [0.25, 0.3) is 0 Å². The Kier molecular flexibility index (Phi) is 5.58. The predicted molar refractivity (Wildman–Crippen MR) is 105 cm³/mol. The van der Waals surface area contributed by atoms with Gasteiger partial charge in [0, 0.05) is 30.6 Å². The van der Waals surface area contributed by atoms with E-state index in [1.807, 2.05) is 13.8 Å². The molecule has 0 radical (unpaired) electrons. The van der Waals surface area contributed by atoms with Gasteiger partial charge in [-0.3, -0.25) is 4.79 Å². The molecule has 3 fully saturated rings. The quantitative estimate of drug-likeness (QED) is 0.793. The summed E-state index contributed by atoms with van der Waals surface area (Å²) >= 11 is 0. The third-order valence-corrected chi connectivity index (χ3v) is 7.43. The van der Waals surface area contributed by atoms with Gasteiger partial charge in [-0.1, -0.05) is 24.4 Å². The fraction of sp³-hybridized carbons (Fsp3) is 0.818. The number of nitrogens with zero attached hydrogens (tertiary/aromatic N) is 3. The molecular weight excluding hydrogens is 338 g/mol. The number of aryl methyl sites for hydroxylation is 2. The van der Waals surface area contributed by atoms with E-state index in [4.69, 9.17) is 4.52 Å². The third-order valence-electron chi connectivity index (χ3n) is 7.43. The van der Waals surface area contributed by atoms with Gasteiger partial charge in [-0.2, -0.15) is 0 Å². The first kappa shape index (κ1) is 19.0. The first-order valence-electron chi connectivity index (χ1n) is 11.0. The maximum atomic E-state index is 12.8. The second-order valence-electron chi connectivity index (χ2n) is 9.17. The van der Waals surface area contributed by atoms with E-state index in [1.165, 1.54) is 51.6 Å². The highest BCUT2D eigenvalue weighted by Crippen LogP contribution is 2.41. The lowest BCUT2D eigenvalue weighted by molar-refractivity contribution is -0.132. The summed E-state index contributed by atoms with van der Waals surface area (Å²) in [6, 6.07) is 0.